The zero-order valence-electron chi connectivity index (χ0n) is 18.0. The second-order valence-electron chi connectivity index (χ2n) is 6.35. The highest BCUT2D eigenvalue weighted by molar-refractivity contribution is 6.03. The van der Waals surface area contributed by atoms with Crippen LogP contribution in [0.25, 0.3) is 6.08 Å². The lowest BCUT2D eigenvalue weighted by Crippen LogP contribution is -2.24. The quantitative estimate of drug-likeness (QED) is 0.524. The number of carbonyl (C=O) groups excluding carboxylic acids is 2. The number of hydrogen-bond donors (Lipinski definition) is 3. The summed E-state index contributed by atoms with van der Waals surface area (Å²) in [6.07, 6.45) is 1.69. The van der Waals surface area contributed by atoms with Crippen LogP contribution in [0.5, 0.6) is 23.0 Å². The molecule has 0 spiro atoms. The summed E-state index contributed by atoms with van der Waals surface area (Å²) in [5.74, 6) is 0.884. The zero-order valence-corrected chi connectivity index (χ0v) is 18.0. The van der Waals surface area contributed by atoms with Crippen LogP contribution in [0.4, 0.5) is 11.4 Å². The van der Waals surface area contributed by atoms with Crippen LogP contribution in [0.3, 0.4) is 0 Å². The number of aliphatic hydroxyl groups is 1. The van der Waals surface area contributed by atoms with Gasteiger partial charge in [-0.05, 0) is 31.2 Å². The molecule has 1 unspecified atom stereocenters. The van der Waals surface area contributed by atoms with Crippen molar-refractivity contribution in [1.29, 1.82) is 0 Å². The molecule has 0 bridgehead atoms. The molecule has 1 atom stereocenters. The highest BCUT2D eigenvalue weighted by Gasteiger charge is 2.14. The fourth-order valence-electron chi connectivity index (χ4n) is 2.66. The van der Waals surface area contributed by atoms with E-state index in [0.29, 0.717) is 39.9 Å². The lowest BCUT2D eigenvalue weighted by Gasteiger charge is -2.13. The second kappa shape index (κ2) is 10.9. The molecule has 3 N–H and O–H groups in total. The summed E-state index contributed by atoms with van der Waals surface area (Å²) >= 11 is 0. The molecule has 0 radical (unpaired) electrons. The Morgan fingerprint density at radius 1 is 0.903 bits per heavy atom. The third-order valence-electron chi connectivity index (χ3n) is 4.26. The van der Waals surface area contributed by atoms with Crippen LogP contribution in [0.1, 0.15) is 12.5 Å². The average molecular weight is 430 g/mol. The van der Waals surface area contributed by atoms with E-state index in [1.165, 1.54) is 47.5 Å². The Kier molecular flexibility index (Phi) is 8.27. The molecule has 2 aromatic carbocycles. The van der Waals surface area contributed by atoms with Crippen molar-refractivity contribution in [3.63, 3.8) is 0 Å². The van der Waals surface area contributed by atoms with E-state index in [1.54, 1.807) is 30.3 Å². The zero-order chi connectivity index (χ0) is 23.0. The van der Waals surface area contributed by atoms with E-state index < -0.39 is 17.9 Å². The molecule has 0 heterocycles. The van der Waals surface area contributed by atoms with E-state index in [-0.39, 0.29) is 0 Å². The first-order chi connectivity index (χ1) is 14.8. The van der Waals surface area contributed by atoms with E-state index in [4.69, 9.17) is 18.9 Å². The molecular weight excluding hydrogens is 404 g/mol. The maximum Gasteiger partial charge on any atom is 0.253 e. The Morgan fingerprint density at radius 3 is 2.03 bits per heavy atom. The number of aliphatic hydroxyl groups excluding tert-OH is 1. The van der Waals surface area contributed by atoms with E-state index >= 15 is 0 Å². The first-order valence-electron chi connectivity index (χ1n) is 9.29. The van der Waals surface area contributed by atoms with Gasteiger partial charge >= 0.3 is 0 Å². The molecule has 31 heavy (non-hydrogen) atoms. The van der Waals surface area contributed by atoms with Crippen LogP contribution in [0, 0.1) is 0 Å². The number of ether oxygens (including phenoxy) is 4. The second-order valence-corrected chi connectivity index (χ2v) is 6.35. The Hall–Kier alpha value is -3.72. The monoisotopic (exact) mass is 430 g/mol. The summed E-state index contributed by atoms with van der Waals surface area (Å²) in [7, 11) is 5.99. The van der Waals surface area contributed by atoms with Gasteiger partial charge in [-0.2, -0.15) is 0 Å². The molecule has 9 nitrogen and oxygen atoms in total. The average Bonchev–Trinajstić information content (AvgIpc) is 2.77. The molecule has 0 aliphatic carbocycles. The molecule has 2 rings (SSSR count). The van der Waals surface area contributed by atoms with Gasteiger partial charge in [0.15, 0.2) is 0 Å². The van der Waals surface area contributed by atoms with Crippen LogP contribution in [0.15, 0.2) is 36.4 Å². The van der Waals surface area contributed by atoms with Crippen molar-refractivity contribution in [3.05, 3.63) is 42.0 Å². The van der Waals surface area contributed by atoms with Crippen LogP contribution >= 0.6 is 0 Å². The molecule has 2 amide bonds. The van der Waals surface area contributed by atoms with E-state index in [1.807, 2.05) is 0 Å². The van der Waals surface area contributed by atoms with Gasteiger partial charge in [0.2, 0.25) is 5.91 Å². The number of amides is 2. The van der Waals surface area contributed by atoms with Crippen molar-refractivity contribution in [2.24, 2.45) is 0 Å². The smallest absolute Gasteiger partial charge is 0.253 e. The fraction of sp³-hybridized carbons (Fsp3) is 0.273. The van der Waals surface area contributed by atoms with Gasteiger partial charge in [0.05, 0.1) is 39.7 Å². The molecule has 0 aliphatic heterocycles. The summed E-state index contributed by atoms with van der Waals surface area (Å²) < 4.78 is 21.1. The molecule has 0 aliphatic rings. The summed E-state index contributed by atoms with van der Waals surface area (Å²) in [6.45, 7) is 1.35. The minimum atomic E-state index is -1.19. The predicted molar refractivity (Wildman–Crippen MR) is 117 cm³/mol. The van der Waals surface area contributed by atoms with Crippen LogP contribution in [-0.4, -0.2) is 51.5 Å². The van der Waals surface area contributed by atoms with Gasteiger partial charge in [-0.1, -0.05) is 0 Å². The molecule has 9 heteroatoms. The topological polar surface area (TPSA) is 115 Å². The lowest BCUT2D eigenvalue weighted by molar-refractivity contribution is -0.123. The molecular formula is C22H26N2O7. The van der Waals surface area contributed by atoms with Gasteiger partial charge < -0.3 is 34.7 Å². The summed E-state index contributed by atoms with van der Waals surface area (Å²) in [6, 6.07) is 8.10. The van der Waals surface area contributed by atoms with Crippen LogP contribution in [-0.2, 0) is 9.59 Å². The summed E-state index contributed by atoms with van der Waals surface area (Å²) in [5.41, 5.74) is 1.30. The number of benzene rings is 2. The van der Waals surface area contributed by atoms with Gasteiger partial charge in [0.25, 0.3) is 5.91 Å². The number of carbonyl (C=O) groups is 2. The molecule has 0 aromatic heterocycles. The van der Waals surface area contributed by atoms with Gasteiger partial charge in [-0.3, -0.25) is 9.59 Å². The van der Waals surface area contributed by atoms with Crippen LogP contribution < -0.4 is 29.6 Å². The number of methoxy groups -OCH3 is 4. The summed E-state index contributed by atoms with van der Waals surface area (Å²) in [4.78, 5) is 24.2. The maximum absolute atomic E-state index is 12.4. The standard InChI is InChI=1S/C22H26N2O7/c1-13(25)22(27)24-17-10-14(6-8-18(17)29-3)23-21(26)9-7-16-19(30-4)11-15(28-2)12-20(16)31-5/h6-13,25H,1-5H3,(H,23,26)(H,24,27). The third kappa shape index (κ3) is 6.13. The molecule has 0 saturated carbocycles. The minimum Gasteiger partial charge on any atom is -0.496 e. The molecule has 0 saturated heterocycles. The summed E-state index contributed by atoms with van der Waals surface area (Å²) in [5, 5.41) is 14.6. The molecule has 0 fully saturated rings. The number of anilines is 2. The first kappa shape index (κ1) is 23.6. The lowest BCUT2D eigenvalue weighted by atomic mass is 10.1. The number of rotatable bonds is 9. The number of hydrogen-bond acceptors (Lipinski definition) is 7. The molecule has 2 aromatic rings. The van der Waals surface area contributed by atoms with E-state index in [2.05, 4.69) is 10.6 Å². The van der Waals surface area contributed by atoms with Crippen molar-refractivity contribution in [2.45, 2.75) is 13.0 Å². The first-order valence-corrected chi connectivity index (χ1v) is 9.29. The minimum absolute atomic E-state index is 0.314. The Labute approximate surface area is 180 Å². The highest BCUT2D eigenvalue weighted by atomic mass is 16.5. The Bertz CT molecular complexity index is 945. The highest BCUT2D eigenvalue weighted by Crippen LogP contribution is 2.35. The fourth-order valence-corrected chi connectivity index (χ4v) is 2.66. The van der Waals surface area contributed by atoms with Gasteiger partial charge in [-0.15, -0.1) is 0 Å². The van der Waals surface area contributed by atoms with Crippen LogP contribution in [0.2, 0.25) is 0 Å². The van der Waals surface area contributed by atoms with E-state index in [9.17, 15) is 14.7 Å². The third-order valence-corrected chi connectivity index (χ3v) is 4.26. The van der Waals surface area contributed by atoms with Gasteiger partial charge in [-0.25, -0.2) is 0 Å². The van der Waals surface area contributed by atoms with Crippen molar-refractivity contribution in [1.82, 2.24) is 0 Å². The SMILES string of the molecule is COc1cc(OC)c(C=CC(=O)Nc2ccc(OC)c(NC(=O)C(C)O)c2)c(OC)c1. The largest absolute Gasteiger partial charge is 0.496 e. The predicted octanol–water partition coefficient (Wildman–Crippen LogP) is 2.69. The van der Waals surface area contributed by atoms with Gasteiger partial charge in [0.1, 0.15) is 29.1 Å². The number of nitrogens with one attached hydrogen (secondary N) is 2. The van der Waals surface area contributed by atoms with Crippen molar-refractivity contribution in [2.75, 3.05) is 39.1 Å². The Balaban J connectivity index is 2.23. The maximum atomic E-state index is 12.4. The van der Waals surface area contributed by atoms with Crippen molar-refractivity contribution >= 4 is 29.3 Å². The van der Waals surface area contributed by atoms with E-state index in [0.717, 1.165) is 0 Å². The normalized spacial score (nSPS) is 11.5. The molecule has 166 valence electrons. The van der Waals surface area contributed by atoms with Crippen molar-refractivity contribution < 1.29 is 33.6 Å². The van der Waals surface area contributed by atoms with Gasteiger partial charge in [0, 0.05) is 23.9 Å². The van der Waals surface area contributed by atoms with Crippen molar-refractivity contribution in [3.8, 4) is 23.0 Å². The Morgan fingerprint density at radius 2 is 1.52 bits per heavy atom.